The smallest absolute Gasteiger partial charge is 0.107 e. The minimum Gasteiger partial charge on any atom is -0.390 e. The maximum absolute atomic E-state index is 9.79. The van der Waals surface area contributed by atoms with Gasteiger partial charge >= 0.3 is 0 Å². The van der Waals surface area contributed by atoms with Crippen molar-refractivity contribution in [2.45, 2.75) is 33.0 Å². The Labute approximate surface area is 84.4 Å². The van der Waals surface area contributed by atoms with E-state index in [9.17, 15) is 10.2 Å². The molecule has 0 saturated heterocycles. The third-order valence-electron chi connectivity index (χ3n) is 2.24. The monoisotopic (exact) mass is 195 g/mol. The van der Waals surface area contributed by atoms with Crippen molar-refractivity contribution in [2.75, 3.05) is 0 Å². The first-order valence-electron chi connectivity index (χ1n) is 4.80. The summed E-state index contributed by atoms with van der Waals surface area (Å²) in [4.78, 5) is 3.98. The highest BCUT2D eigenvalue weighted by molar-refractivity contribution is 5.19. The van der Waals surface area contributed by atoms with Crippen LogP contribution in [0.1, 0.15) is 31.1 Å². The predicted molar refractivity (Wildman–Crippen MR) is 54.8 cm³/mol. The molecular weight excluding hydrogens is 178 g/mol. The molecule has 3 heteroatoms. The molecule has 0 amide bonds. The molecule has 1 aromatic rings. The Morgan fingerprint density at radius 2 is 1.86 bits per heavy atom. The molecule has 0 radical (unpaired) electrons. The summed E-state index contributed by atoms with van der Waals surface area (Å²) in [6, 6.07) is 1.84. The first-order valence-corrected chi connectivity index (χ1v) is 4.80. The molecule has 0 fully saturated rings. The summed E-state index contributed by atoms with van der Waals surface area (Å²) in [5.41, 5.74) is 1.66. The minimum absolute atomic E-state index is 0.0329. The number of hydrogen-bond donors (Lipinski definition) is 2. The van der Waals surface area contributed by atoms with E-state index in [-0.39, 0.29) is 5.92 Å². The second-order valence-corrected chi connectivity index (χ2v) is 3.98. The van der Waals surface area contributed by atoms with Crippen molar-refractivity contribution < 1.29 is 10.2 Å². The van der Waals surface area contributed by atoms with E-state index in [0.717, 1.165) is 5.56 Å². The van der Waals surface area contributed by atoms with Gasteiger partial charge in [0, 0.05) is 18.0 Å². The summed E-state index contributed by atoms with van der Waals surface area (Å²) in [5.74, 6) is 0.0329. The van der Waals surface area contributed by atoms with Crippen molar-refractivity contribution in [3.63, 3.8) is 0 Å². The van der Waals surface area contributed by atoms with Gasteiger partial charge in [0.15, 0.2) is 0 Å². The lowest BCUT2D eigenvalue weighted by atomic mass is 9.97. The number of aromatic nitrogens is 1. The molecular formula is C11H17NO2. The van der Waals surface area contributed by atoms with Crippen LogP contribution < -0.4 is 0 Å². The molecule has 2 N–H and O–H groups in total. The van der Waals surface area contributed by atoms with E-state index in [1.807, 2.05) is 26.8 Å². The van der Waals surface area contributed by atoms with Gasteiger partial charge in [-0.3, -0.25) is 4.98 Å². The van der Waals surface area contributed by atoms with Crippen LogP contribution in [0.4, 0.5) is 0 Å². The number of hydrogen-bond acceptors (Lipinski definition) is 3. The van der Waals surface area contributed by atoms with E-state index in [2.05, 4.69) is 4.98 Å². The van der Waals surface area contributed by atoms with Crippen molar-refractivity contribution in [3.8, 4) is 0 Å². The van der Waals surface area contributed by atoms with Crippen LogP contribution in [0.3, 0.4) is 0 Å². The van der Waals surface area contributed by atoms with Crippen molar-refractivity contribution in [3.05, 3.63) is 29.6 Å². The Kier molecular flexibility index (Phi) is 3.61. The van der Waals surface area contributed by atoms with Crippen LogP contribution in [0.2, 0.25) is 0 Å². The number of rotatable bonds is 3. The number of aliphatic hydroxyl groups excluding tert-OH is 2. The molecule has 1 heterocycles. The average molecular weight is 195 g/mol. The molecule has 0 aromatic carbocycles. The second-order valence-electron chi connectivity index (χ2n) is 3.98. The zero-order chi connectivity index (χ0) is 10.7. The zero-order valence-corrected chi connectivity index (χ0v) is 8.81. The van der Waals surface area contributed by atoms with Crippen LogP contribution in [0.5, 0.6) is 0 Å². The molecule has 0 aliphatic rings. The Bertz CT molecular complexity index is 299. The third-order valence-corrected chi connectivity index (χ3v) is 2.24. The van der Waals surface area contributed by atoms with E-state index in [0.29, 0.717) is 5.56 Å². The highest BCUT2D eigenvalue weighted by atomic mass is 16.3. The van der Waals surface area contributed by atoms with Gasteiger partial charge in [-0.05, 0) is 18.4 Å². The van der Waals surface area contributed by atoms with Crippen LogP contribution in [0.25, 0.3) is 0 Å². The van der Waals surface area contributed by atoms with Crippen molar-refractivity contribution in [1.29, 1.82) is 0 Å². The lowest BCUT2D eigenvalue weighted by Crippen LogP contribution is -2.24. The summed E-state index contributed by atoms with van der Waals surface area (Å²) < 4.78 is 0. The molecule has 2 atom stereocenters. The molecule has 1 aromatic heterocycles. The van der Waals surface area contributed by atoms with Gasteiger partial charge in [0.25, 0.3) is 0 Å². The molecule has 3 nitrogen and oxygen atoms in total. The standard InChI is InChI=1S/C11H17NO2/c1-7(2)10(13)11(14)9-4-8(3)5-12-6-9/h4-7,10-11,13-14H,1-3H3. The second kappa shape index (κ2) is 4.53. The number of aliphatic hydroxyl groups is 2. The number of nitrogens with zero attached hydrogens (tertiary/aromatic N) is 1. The van der Waals surface area contributed by atoms with Gasteiger partial charge in [0.1, 0.15) is 6.10 Å². The van der Waals surface area contributed by atoms with Gasteiger partial charge < -0.3 is 10.2 Å². The quantitative estimate of drug-likeness (QED) is 0.767. The summed E-state index contributed by atoms with van der Waals surface area (Å²) in [6.45, 7) is 5.65. The summed E-state index contributed by atoms with van der Waals surface area (Å²) in [6.07, 6.45) is 1.72. The normalized spacial score (nSPS) is 15.6. The molecule has 0 bridgehead atoms. The Hall–Kier alpha value is -0.930. The van der Waals surface area contributed by atoms with Gasteiger partial charge in [-0.25, -0.2) is 0 Å². The highest BCUT2D eigenvalue weighted by Crippen LogP contribution is 2.21. The van der Waals surface area contributed by atoms with Crippen molar-refractivity contribution in [2.24, 2.45) is 5.92 Å². The van der Waals surface area contributed by atoms with E-state index in [1.165, 1.54) is 0 Å². The molecule has 14 heavy (non-hydrogen) atoms. The minimum atomic E-state index is -0.845. The largest absolute Gasteiger partial charge is 0.390 e. The van der Waals surface area contributed by atoms with Gasteiger partial charge in [-0.2, -0.15) is 0 Å². The Balaban J connectivity index is 2.83. The molecule has 0 aliphatic heterocycles. The lowest BCUT2D eigenvalue weighted by molar-refractivity contribution is -0.00959. The molecule has 2 unspecified atom stereocenters. The number of aryl methyl sites for hydroxylation is 1. The SMILES string of the molecule is Cc1cncc(C(O)C(O)C(C)C)c1. The van der Waals surface area contributed by atoms with E-state index >= 15 is 0 Å². The average Bonchev–Trinajstić information content (AvgIpc) is 2.15. The lowest BCUT2D eigenvalue weighted by Gasteiger charge is -2.21. The molecule has 0 spiro atoms. The fourth-order valence-electron chi connectivity index (χ4n) is 1.30. The van der Waals surface area contributed by atoms with Gasteiger partial charge in [0.05, 0.1) is 6.10 Å². The fourth-order valence-corrected chi connectivity index (χ4v) is 1.30. The van der Waals surface area contributed by atoms with Crippen molar-refractivity contribution >= 4 is 0 Å². The molecule has 0 aliphatic carbocycles. The van der Waals surface area contributed by atoms with Gasteiger partial charge in [-0.15, -0.1) is 0 Å². The van der Waals surface area contributed by atoms with Crippen LogP contribution >= 0.6 is 0 Å². The van der Waals surface area contributed by atoms with Crippen LogP contribution in [0, 0.1) is 12.8 Å². The first kappa shape index (κ1) is 11.1. The van der Waals surface area contributed by atoms with Crippen LogP contribution in [0.15, 0.2) is 18.5 Å². The highest BCUT2D eigenvalue weighted by Gasteiger charge is 2.21. The summed E-state index contributed by atoms with van der Waals surface area (Å²) in [7, 11) is 0. The maximum Gasteiger partial charge on any atom is 0.107 e. The summed E-state index contributed by atoms with van der Waals surface area (Å²) >= 11 is 0. The van der Waals surface area contributed by atoms with Crippen molar-refractivity contribution in [1.82, 2.24) is 4.98 Å². The van der Waals surface area contributed by atoms with Crippen LogP contribution in [-0.4, -0.2) is 21.3 Å². The molecule has 78 valence electrons. The van der Waals surface area contributed by atoms with E-state index in [4.69, 9.17) is 0 Å². The van der Waals surface area contributed by atoms with Gasteiger partial charge in [-0.1, -0.05) is 19.9 Å². The Morgan fingerprint density at radius 3 is 2.36 bits per heavy atom. The molecule has 0 saturated carbocycles. The summed E-state index contributed by atoms with van der Waals surface area (Å²) in [5, 5.41) is 19.5. The maximum atomic E-state index is 9.79. The van der Waals surface area contributed by atoms with Gasteiger partial charge in [0.2, 0.25) is 0 Å². The number of pyridine rings is 1. The van der Waals surface area contributed by atoms with E-state index in [1.54, 1.807) is 12.4 Å². The Morgan fingerprint density at radius 1 is 1.21 bits per heavy atom. The van der Waals surface area contributed by atoms with E-state index < -0.39 is 12.2 Å². The third kappa shape index (κ3) is 2.53. The predicted octanol–water partition coefficient (Wildman–Crippen LogP) is 1.44. The topological polar surface area (TPSA) is 53.4 Å². The fraction of sp³-hybridized carbons (Fsp3) is 0.545. The van der Waals surface area contributed by atoms with Crippen LogP contribution in [-0.2, 0) is 0 Å². The zero-order valence-electron chi connectivity index (χ0n) is 8.81. The molecule has 1 rings (SSSR count). The first-order chi connectivity index (χ1) is 6.52.